The molecular weight excluding hydrogens is 554 g/mol. The normalized spacial score (nSPS) is 25.8. The Balaban J connectivity index is 1.90. The summed E-state index contributed by atoms with van der Waals surface area (Å²) in [7, 11) is 0. The largest absolute Gasteiger partial charge is 0.462 e. The van der Waals surface area contributed by atoms with Crippen LogP contribution in [0, 0.1) is 0 Å². The van der Waals surface area contributed by atoms with E-state index in [-0.39, 0.29) is 5.75 Å². The highest BCUT2D eigenvalue weighted by molar-refractivity contribution is 8.09. The average Bonchev–Trinajstić information content (AvgIpc) is 3.09. The summed E-state index contributed by atoms with van der Waals surface area (Å²) in [5, 5.41) is 13.0. The maximum Gasteiger partial charge on any atom is 0.330 e. The molecule has 1 aliphatic heterocycles. The lowest BCUT2D eigenvalue weighted by Gasteiger charge is -2.33. The van der Waals surface area contributed by atoms with Crippen LogP contribution >= 0.6 is 6.64 Å². The number of carbonyl (C=O) groups excluding carboxylic acids is 1. The van der Waals surface area contributed by atoms with Gasteiger partial charge in [-0.15, -0.1) is 0 Å². The topological polar surface area (TPSA) is 141 Å². The summed E-state index contributed by atoms with van der Waals surface area (Å²) in [5.74, 6) is -0.563. The molecule has 2 heterocycles. The lowest BCUT2D eigenvalue weighted by molar-refractivity contribution is -0.182. The van der Waals surface area contributed by atoms with Crippen LogP contribution in [0.4, 0.5) is 13.2 Å². The monoisotopic (exact) mass is 581 g/mol. The van der Waals surface area contributed by atoms with Crippen molar-refractivity contribution in [2.75, 3.05) is 6.61 Å². The molecule has 1 fully saturated rings. The van der Waals surface area contributed by atoms with Crippen molar-refractivity contribution in [2.24, 2.45) is 0 Å². The van der Waals surface area contributed by atoms with E-state index in [4.69, 9.17) is 30.3 Å². The number of esters is 1. The van der Waals surface area contributed by atoms with E-state index in [0.717, 1.165) is 12.3 Å². The Bertz CT molecular complexity index is 1280. The Kier molecular flexibility index (Phi) is 9.55. The maximum absolute atomic E-state index is 15.3. The van der Waals surface area contributed by atoms with Gasteiger partial charge in [0.05, 0.1) is 12.7 Å². The molecule has 16 heteroatoms. The number of ether oxygens (including phenoxy) is 2. The quantitative estimate of drug-likeness (QED) is 0.267. The van der Waals surface area contributed by atoms with Crippen LogP contribution in [0.15, 0.2) is 52.2 Å². The van der Waals surface area contributed by atoms with Crippen molar-refractivity contribution in [2.45, 2.75) is 63.4 Å². The van der Waals surface area contributed by atoms with Crippen LogP contribution in [0.1, 0.15) is 27.0 Å². The summed E-state index contributed by atoms with van der Waals surface area (Å²) in [5.41, 5.74) is -5.00. The van der Waals surface area contributed by atoms with Crippen molar-refractivity contribution in [3.8, 4) is 5.75 Å². The molecule has 0 amide bonds. The van der Waals surface area contributed by atoms with E-state index in [0.29, 0.717) is 4.57 Å². The van der Waals surface area contributed by atoms with Gasteiger partial charge in [0, 0.05) is 12.3 Å². The third-order valence-corrected chi connectivity index (χ3v) is 7.86. The summed E-state index contributed by atoms with van der Waals surface area (Å²) in [4.78, 5) is 37.7. The van der Waals surface area contributed by atoms with Gasteiger partial charge in [-0.25, -0.2) is 23.1 Å². The number of para-hydroxylation sites is 1. The average molecular weight is 582 g/mol. The number of benzene rings is 1. The molecule has 3 N–H and O–H groups in total. The number of nitrogens with one attached hydrogen (secondary N) is 2. The van der Waals surface area contributed by atoms with Gasteiger partial charge in [0.25, 0.3) is 12.0 Å². The first kappa shape index (κ1) is 30.0. The second kappa shape index (κ2) is 12.1. The van der Waals surface area contributed by atoms with Gasteiger partial charge in [-0.1, -0.05) is 18.2 Å². The highest BCUT2D eigenvalue weighted by Gasteiger charge is 2.62. The summed E-state index contributed by atoms with van der Waals surface area (Å²) in [6.07, 6.45) is -10.1. The molecule has 1 aliphatic rings. The number of nitrogens with zero attached hydrogens (tertiary/aromatic N) is 1. The maximum atomic E-state index is 15.3. The van der Waals surface area contributed by atoms with Gasteiger partial charge in [0.2, 0.25) is 0 Å². The van der Waals surface area contributed by atoms with Crippen LogP contribution in [0.3, 0.4) is 0 Å². The Morgan fingerprint density at radius 3 is 2.50 bits per heavy atom. The highest BCUT2D eigenvalue weighted by atomic mass is 32.5. The van der Waals surface area contributed by atoms with E-state index >= 15 is 4.39 Å². The first-order chi connectivity index (χ1) is 17.8. The lowest BCUT2D eigenvalue weighted by Crippen LogP contribution is -2.51. The van der Waals surface area contributed by atoms with Gasteiger partial charge < -0.3 is 23.6 Å². The van der Waals surface area contributed by atoms with Crippen molar-refractivity contribution in [3.63, 3.8) is 0 Å². The number of aromatic nitrogens is 2. The smallest absolute Gasteiger partial charge is 0.330 e. The minimum Gasteiger partial charge on any atom is -0.462 e. The number of aromatic amines is 1. The Morgan fingerprint density at radius 2 is 1.92 bits per heavy atom. The van der Waals surface area contributed by atoms with Gasteiger partial charge in [-0.05, 0) is 44.7 Å². The van der Waals surface area contributed by atoms with Gasteiger partial charge in [-0.2, -0.15) is 0 Å². The van der Waals surface area contributed by atoms with Gasteiger partial charge in [0.1, 0.15) is 17.9 Å². The van der Waals surface area contributed by atoms with Gasteiger partial charge in [0.15, 0.2) is 18.0 Å². The van der Waals surface area contributed by atoms with E-state index in [1.165, 1.54) is 19.1 Å². The lowest BCUT2D eigenvalue weighted by atomic mass is 9.98. The molecule has 0 radical (unpaired) electrons. The van der Waals surface area contributed by atoms with E-state index in [1.807, 2.05) is 4.98 Å². The molecule has 11 nitrogen and oxygen atoms in total. The molecule has 1 aromatic heterocycles. The molecule has 1 aromatic carbocycles. The van der Waals surface area contributed by atoms with E-state index < -0.39 is 73.1 Å². The molecule has 0 spiro atoms. The molecule has 0 aliphatic carbocycles. The number of aliphatic hydroxyl groups is 1. The Labute approximate surface area is 220 Å². The summed E-state index contributed by atoms with van der Waals surface area (Å²) < 4.78 is 66.2. The van der Waals surface area contributed by atoms with Crippen LogP contribution in [-0.4, -0.2) is 63.7 Å². The zero-order valence-corrected chi connectivity index (χ0v) is 22.2. The predicted octanol–water partition coefficient (Wildman–Crippen LogP) is 2.02. The molecule has 1 unspecified atom stereocenters. The number of halogens is 3. The van der Waals surface area contributed by atoms with Crippen molar-refractivity contribution in [1.82, 2.24) is 14.6 Å². The predicted molar refractivity (Wildman–Crippen MR) is 132 cm³/mol. The zero-order valence-electron chi connectivity index (χ0n) is 20.5. The minimum absolute atomic E-state index is 0.167. The van der Waals surface area contributed by atoms with Crippen molar-refractivity contribution in [1.29, 1.82) is 0 Å². The fourth-order valence-corrected chi connectivity index (χ4v) is 5.93. The number of H-pyrrole nitrogens is 1. The number of hydrogen-bond acceptors (Lipinski definition) is 9. The molecule has 210 valence electrons. The van der Waals surface area contributed by atoms with Crippen LogP contribution in [-0.2, 0) is 30.6 Å². The summed E-state index contributed by atoms with van der Waals surface area (Å²) >= 11 is 5.46. The molecule has 2 aromatic rings. The fraction of sp³-hybridized carbons (Fsp3) is 0.500. The summed E-state index contributed by atoms with van der Waals surface area (Å²) in [6.45, 7) is -0.480. The Morgan fingerprint density at radius 1 is 1.26 bits per heavy atom. The third kappa shape index (κ3) is 6.71. The highest BCUT2D eigenvalue weighted by Crippen LogP contribution is 2.50. The standard InChI is InChI=1S/C22H27F3N3O8PS/c1-12(2)34-19(31)13(3)27-37(38,36-14-7-5-4-6-8-14)33-11-22(20(24)25)17(23)16(30)18(35-22)28-10-9-15(29)26-21(28)32/h4-10,12-13,16-18,20,30H,11H2,1-3H3,(H,27,38)(H,26,29,32)/t13-,16+,17+,18+,22+,37?/m0/s1. The minimum atomic E-state index is -3.88. The first-order valence-electron chi connectivity index (χ1n) is 11.3. The van der Waals surface area contributed by atoms with E-state index in [1.54, 1.807) is 32.0 Å². The number of aliphatic hydroxyl groups excluding tert-OH is 1. The SMILES string of the molecule is CC(C)OC(=O)[C@H](C)NP(=S)(OC[C@@]1(C(F)F)O[C@@H](n2ccc(=O)[nH]c2=O)[C@H](O)[C@H]1F)Oc1ccccc1. The zero-order chi connectivity index (χ0) is 28.3. The second-order valence-electron chi connectivity index (χ2n) is 8.69. The van der Waals surface area contributed by atoms with Gasteiger partial charge in [-0.3, -0.25) is 19.1 Å². The molecule has 6 atom stereocenters. The fourth-order valence-electron chi connectivity index (χ4n) is 3.51. The number of hydrogen-bond donors (Lipinski definition) is 3. The number of carbonyl (C=O) groups is 1. The summed E-state index contributed by atoms with van der Waals surface area (Å²) in [6, 6.07) is 7.65. The van der Waals surface area contributed by atoms with E-state index in [9.17, 15) is 28.3 Å². The molecule has 0 bridgehead atoms. The van der Waals surface area contributed by atoms with Crippen molar-refractivity contribution >= 4 is 24.4 Å². The molecule has 1 saturated heterocycles. The van der Waals surface area contributed by atoms with Crippen LogP contribution in [0.25, 0.3) is 0 Å². The van der Waals surface area contributed by atoms with Gasteiger partial charge >= 0.3 is 18.3 Å². The van der Waals surface area contributed by atoms with Crippen LogP contribution in [0.5, 0.6) is 5.75 Å². The number of rotatable bonds is 11. The first-order valence-corrected chi connectivity index (χ1v) is 14.0. The van der Waals surface area contributed by atoms with Crippen LogP contribution < -0.4 is 20.9 Å². The van der Waals surface area contributed by atoms with Crippen LogP contribution in [0.2, 0.25) is 0 Å². The molecule has 3 rings (SSSR count). The van der Waals surface area contributed by atoms with Crippen molar-refractivity contribution < 1.29 is 41.6 Å². The van der Waals surface area contributed by atoms with E-state index in [2.05, 4.69) is 5.09 Å². The third-order valence-electron chi connectivity index (χ3n) is 5.38. The van der Waals surface area contributed by atoms with Crippen molar-refractivity contribution in [3.05, 3.63) is 63.4 Å². The Hall–Kier alpha value is -2.55. The molecule has 38 heavy (non-hydrogen) atoms. The second-order valence-corrected chi connectivity index (χ2v) is 11.8. The number of alkyl halides is 3. The molecule has 0 saturated carbocycles. The molecular formula is C22H27F3N3O8PS.